The molecular weight excluding hydrogens is 298 g/mol. The molecule has 1 fully saturated rings. The average molecular weight is 323 g/mol. The Labute approximate surface area is 136 Å². The van der Waals surface area contributed by atoms with Crippen molar-refractivity contribution in [3.63, 3.8) is 0 Å². The highest BCUT2D eigenvalue weighted by atomic mass is 16.6. The molecule has 23 heavy (non-hydrogen) atoms. The van der Waals surface area contributed by atoms with Crippen molar-refractivity contribution in [2.75, 3.05) is 32.7 Å². The Hall–Kier alpha value is -1.96. The van der Waals surface area contributed by atoms with Gasteiger partial charge in [-0.3, -0.25) is 24.5 Å². The molecule has 2 rings (SSSR count). The average Bonchev–Trinajstić information content (AvgIpc) is 2.82. The number of amides is 1. The van der Waals surface area contributed by atoms with E-state index in [0.717, 1.165) is 39.1 Å². The second kappa shape index (κ2) is 7.08. The van der Waals surface area contributed by atoms with Gasteiger partial charge in [-0.15, -0.1) is 0 Å². The molecule has 1 saturated heterocycles. The molecule has 0 atom stereocenters. The lowest BCUT2D eigenvalue weighted by Gasteiger charge is -2.28. The van der Waals surface area contributed by atoms with Crippen molar-refractivity contribution < 1.29 is 9.72 Å². The van der Waals surface area contributed by atoms with E-state index in [1.165, 1.54) is 12.4 Å². The fourth-order valence-corrected chi connectivity index (χ4v) is 2.69. The quantitative estimate of drug-likeness (QED) is 0.617. The Morgan fingerprint density at radius 1 is 1.26 bits per heavy atom. The summed E-state index contributed by atoms with van der Waals surface area (Å²) in [6, 6.07) is 0. The first-order valence-corrected chi connectivity index (χ1v) is 7.96. The van der Waals surface area contributed by atoms with Crippen LogP contribution in [0.2, 0.25) is 0 Å². The SMILES string of the molecule is CC(C)(C)C(=O)N1CCCN(CCn2cc([N+](=O)[O-])cn2)CC1. The summed E-state index contributed by atoms with van der Waals surface area (Å²) in [5.74, 6) is 0.196. The molecule has 8 heteroatoms. The van der Waals surface area contributed by atoms with E-state index in [2.05, 4.69) is 10.00 Å². The molecule has 1 aromatic rings. The Balaban J connectivity index is 1.83. The van der Waals surface area contributed by atoms with Crippen LogP contribution in [-0.4, -0.2) is 63.1 Å². The molecule has 1 amide bonds. The first-order chi connectivity index (χ1) is 10.8. The highest BCUT2D eigenvalue weighted by Gasteiger charge is 2.28. The smallest absolute Gasteiger partial charge is 0.306 e. The van der Waals surface area contributed by atoms with Gasteiger partial charge >= 0.3 is 5.69 Å². The monoisotopic (exact) mass is 323 g/mol. The van der Waals surface area contributed by atoms with E-state index in [0.29, 0.717) is 6.54 Å². The minimum absolute atomic E-state index is 0.0165. The number of carbonyl (C=O) groups is 1. The fraction of sp³-hybridized carbons (Fsp3) is 0.733. The van der Waals surface area contributed by atoms with Gasteiger partial charge in [-0.05, 0) is 13.0 Å². The number of nitrogens with zero attached hydrogens (tertiary/aromatic N) is 5. The molecule has 0 spiro atoms. The van der Waals surface area contributed by atoms with Crippen LogP contribution in [0.1, 0.15) is 27.2 Å². The lowest BCUT2D eigenvalue weighted by molar-refractivity contribution is -0.385. The van der Waals surface area contributed by atoms with E-state index in [4.69, 9.17) is 0 Å². The molecule has 0 radical (unpaired) electrons. The van der Waals surface area contributed by atoms with Crippen molar-refractivity contribution in [2.45, 2.75) is 33.7 Å². The van der Waals surface area contributed by atoms with Crippen LogP contribution in [0.3, 0.4) is 0 Å². The summed E-state index contributed by atoms with van der Waals surface area (Å²) in [5, 5.41) is 14.7. The van der Waals surface area contributed by atoms with Crippen molar-refractivity contribution >= 4 is 11.6 Å². The molecular formula is C15H25N5O3. The van der Waals surface area contributed by atoms with Crippen LogP contribution in [-0.2, 0) is 11.3 Å². The highest BCUT2D eigenvalue weighted by Crippen LogP contribution is 2.18. The molecule has 128 valence electrons. The van der Waals surface area contributed by atoms with E-state index < -0.39 is 4.92 Å². The maximum absolute atomic E-state index is 12.4. The van der Waals surface area contributed by atoms with Gasteiger partial charge in [0, 0.05) is 31.6 Å². The van der Waals surface area contributed by atoms with Gasteiger partial charge < -0.3 is 4.90 Å². The number of carbonyl (C=O) groups excluding carboxylic acids is 1. The predicted octanol–water partition coefficient (Wildman–Crippen LogP) is 1.37. The zero-order valence-corrected chi connectivity index (χ0v) is 14.1. The molecule has 0 aromatic carbocycles. The van der Waals surface area contributed by atoms with E-state index in [9.17, 15) is 14.9 Å². The van der Waals surface area contributed by atoms with Crippen LogP contribution in [0.4, 0.5) is 5.69 Å². The standard InChI is InChI=1S/C15H25N5O3/c1-15(2,3)14(21)18-6-4-5-17(7-9-18)8-10-19-12-13(11-16-19)20(22)23/h11-12H,4-10H2,1-3H3. The predicted molar refractivity (Wildman–Crippen MR) is 86.0 cm³/mol. The number of hydrogen-bond acceptors (Lipinski definition) is 5. The number of hydrogen-bond donors (Lipinski definition) is 0. The number of nitro groups is 1. The summed E-state index contributed by atoms with van der Waals surface area (Å²) in [4.78, 5) is 26.8. The van der Waals surface area contributed by atoms with Crippen LogP contribution in [0.5, 0.6) is 0 Å². The molecule has 0 N–H and O–H groups in total. The van der Waals surface area contributed by atoms with Crippen molar-refractivity contribution in [3.8, 4) is 0 Å². The number of rotatable bonds is 4. The van der Waals surface area contributed by atoms with Gasteiger partial charge in [-0.25, -0.2) is 0 Å². The maximum Gasteiger partial charge on any atom is 0.306 e. The summed E-state index contributed by atoms with van der Waals surface area (Å²) in [6.07, 6.45) is 3.67. The summed E-state index contributed by atoms with van der Waals surface area (Å²) in [6.45, 7) is 10.5. The highest BCUT2D eigenvalue weighted by molar-refractivity contribution is 5.81. The van der Waals surface area contributed by atoms with Gasteiger partial charge in [0.1, 0.15) is 12.4 Å². The molecule has 0 aliphatic carbocycles. The van der Waals surface area contributed by atoms with Crippen molar-refractivity contribution in [1.82, 2.24) is 19.6 Å². The third kappa shape index (κ3) is 4.75. The molecule has 8 nitrogen and oxygen atoms in total. The lowest BCUT2D eigenvalue weighted by atomic mass is 9.94. The first-order valence-electron chi connectivity index (χ1n) is 7.96. The lowest BCUT2D eigenvalue weighted by Crippen LogP contribution is -2.41. The van der Waals surface area contributed by atoms with E-state index in [-0.39, 0.29) is 17.0 Å². The molecule has 1 aliphatic heterocycles. The third-order valence-electron chi connectivity index (χ3n) is 3.99. The van der Waals surface area contributed by atoms with Crippen molar-refractivity contribution in [3.05, 3.63) is 22.5 Å². The largest absolute Gasteiger partial charge is 0.341 e. The van der Waals surface area contributed by atoms with Crippen LogP contribution in [0, 0.1) is 15.5 Å². The van der Waals surface area contributed by atoms with E-state index >= 15 is 0 Å². The van der Waals surface area contributed by atoms with Crippen molar-refractivity contribution in [2.24, 2.45) is 5.41 Å². The summed E-state index contributed by atoms with van der Waals surface area (Å²) in [5.41, 5.74) is -0.328. The molecule has 1 aromatic heterocycles. The van der Waals surface area contributed by atoms with Gasteiger partial charge in [0.05, 0.1) is 11.5 Å². The van der Waals surface area contributed by atoms with Gasteiger partial charge in [0.2, 0.25) is 5.91 Å². The summed E-state index contributed by atoms with van der Waals surface area (Å²) < 4.78 is 1.60. The van der Waals surface area contributed by atoms with Gasteiger partial charge in [-0.2, -0.15) is 5.10 Å². The normalized spacial score (nSPS) is 17.1. The van der Waals surface area contributed by atoms with Crippen LogP contribution < -0.4 is 0 Å². The Morgan fingerprint density at radius 2 is 2.00 bits per heavy atom. The van der Waals surface area contributed by atoms with E-state index in [1.54, 1.807) is 4.68 Å². The topological polar surface area (TPSA) is 84.5 Å². The maximum atomic E-state index is 12.4. The van der Waals surface area contributed by atoms with Crippen LogP contribution in [0.25, 0.3) is 0 Å². The Morgan fingerprint density at radius 3 is 2.61 bits per heavy atom. The van der Waals surface area contributed by atoms with Gasteiger partial charge in [0.25, 0.3) is 0 Å². The molecule has 0 bridgehead atoms. The third-order valence-corrected chi connectivity index (χ3v) is 3.99. The summed E-state index contributed by atoms with van der Waals surface area (Å²) in [7, 11) is 0. The minimum Gasteiger partial charge on any atom is -0.341 e. The van der Waals surface area contributed by atoms with Crippen LogP contribution >= 0.6 is 0 Å². The zero-order chi connectivity index (χ0) is 17.0. The Bertz CT molecular complexity index is 564. The second-order valence-electron chi connectivity index (χ2n) is 6.96. The van der Waals surface area contributed by atoms with E-state index in [1.807, 2.05) is 25.7 Å². The molecule has 0 saturated carbocycles. The zero-order valence-electron chi connectivity index (χ0n) is 14.1. The minimum atomic E-state index is -0.439. The van der Waals surface area contributed by atoms with Gasteiger partial charge in [0.15, 0.2) is 0 Å². The second-order valence-corrected chi connectivity index (χ2v) is 6.96. The molecule has 0 unspecified atom stereocenters. The van der Waals surface area contributed by atoms with Crippen molar-refractivity contribution in [1.29, 1.82) is 0 Å². The summed E-state index contributed by atoms with van der Waals surface area (Å²) >= 11 is 0. The first kappa shape index (κ1) is 17.4. The van der Waals surface area contributed by atoms with Crippen LogP contribution in [0.15, 0.2) is 12.4 Å². The van der Waals surface area contributed by atoms with Gasteiger partial charge in [-0.1, -0.05) is 20.8 Å². The molecule has 1 aliphatic rings. The number of aromatic nitrogens is 2. The fourth-order valence-electron chi connectivity index (χ4n) is 2.69. The Kier molecular flexibility index (Phi) is 5.35. The molecule has 2 heterocycles.